The molecule has 1 amide bonds. The number of aryl methyl sites for hydroxylation is 1. The molecule has 5 nitrogen and oxygen atoms in total. The molecule has 1 unspecified atom stereocenters. The lowest BCUT2D eigenvalue weighted by Gasteiger charge is -2.32. The average molecular weight is 440 g/mol. The Balaban J connectivity index is 2.24. The van der Waals surface area contributed by atoms with Crippen molar-refractivity contribution in [1.82, 2.24) is 14.5 Å². The lowest BCUT2D eigenvalue weighted by atomic mass is 10.1. The molecule has 0 aliphatic carbocycles. The highest BCUT2D eigenvalue weighted by Crippen LogP contribution is 2.27. The van der Waals surface area contributed by atoms with Crippen LogP contribution < -0.4 is 5.56 Å². The zero-order valence-corrected chi connectivity index (χ0v) is 19.2. The third-order valence-corrected chi connectivity index (χ3v) is 5.73. The Hall–Kier alpha value is -2.66. The van der Waals surface area contributed by atoms with Gasteiger partial charge in [0.2, 0.25) is 5.91 Å². The van der Waals surface area contributed by atoms with Crippen LogP contribution in [0.3, 0.4) is 0 Å². The van der Waals surface area contributed by atoms with Crippen molar-refractivity contribution < 1.29 is 4.79 Å². The van der Waals surface area contributed by atoms with E-state index >= 15 is 0 Å². The minimum atomic E-state index is -0.304. The van der Waals surface area contributed by atoms with E-state index in [0.29, 0.717) is 48.4 Å². The van der Waals surface area contributed by atoms with E-state index in [-0.39, 0.29) is 17.5 Å². The quantitative estimate of drug-likeness (QED) is 0.419. The number of hydrogen-bond acceptors (Lipinski definition) is 3. The number of para-hydroxylation sites is 1. The van der Waals surface area contributed by atoms with Crippen molar-refractivity contribution in [1.29, 1.82) is 0 Å². The summed E-state index contributed by atoms with van der Waals surface area (Å²) in [5.41, 5.74) is 2.40. The Bertz CT molecular complexity index is 1090. The Morgan fingerprint density at radius 3 is 2.48 bits per heavy atom. The number of rotatable bonds is 9. The zero-order chi connectivity index (χ0) is 22.4. The highest BCUT2D eigenvalue weighted by molar-refractivity contribution is 6.17. The van der Waals surface area contributed by atoms with Crippen LogP contribution in [0.15, 0.2) is 53.3 Å². The molecule has 1 aromatic heterocycles. The number of carbonyl (C=O) groups excluding carboxylic acids is 1. The monoisotopic (exact) mass is 439 g/mol. The van der Waals surface area contributed by atoms with E-state index in [0.717, 1.165) is 17.7 Å². The molecule has 0 saturated carbocycles. The molecule has 0 radical (unpaired) electrons. The van der Waals surface area contributed by atoms with Gasteiger partial charge in [0, 0.05) is 18.8 Å². The second-order valence-corrected chi connectivity index (χ2v) is 8.14. The number of hydrogen-bond donors (Lipinski definition) is 0. The van der Waals surface area contributed by atoms with Crippen LogP contribution in [0.2, 0.25) is 0 Å². The van der Waals surface area contributed by atoms with Crippen molar-refractivity contribution >= 4 is 28.4 Å². The van der Waals surface area contributed by atoms with Gasteiger partial charge in [0.05, 0.1) is 22.6 Å². The highest BCUT2D eigenvalue weighted by atomic mass is 35.5. The molecular weight excluding hydrogens is 410 g/mol. The van der Waals surface area contributed by atoms with Crippen LogP contribution in [-0.4, -0.2) is 32.8 Å². The molecule has 1 atom stereocenters. The van der Waals surface area contributed by atoms with Gasteiger partial charge in [-0.25, -0.2) is 4.98 Å². The third kappa shape index (κ3) is 4.99. The molecule has 0 bridgehead atoms. The van der Waals surface area contributed by atoms with Gasteiger partial charge >= 0.3 is 0 Å². The van der Waals surface area contributed by atoms with Gasteiger partial charge in [-0.05, 0) is 50.5 Å². The first-order chi connectivity index (χ1) is 15.0. The Labute approximate surface area is 188 Å². The zero-order valence-electron chi connectivity index (χ0n) is 18.5. The topological polar surface area (TPSA) is 55.2 Å². The Morgan fingerprint density at radius 1 is 1.13 bits per heavy atom. The molecule has 0 spiro atoms. The molecule has 3 aromatic rings. The summed E-state index contributed by atoms with van der Waals surface area (Å²) in [6, 6.07) is 14.9. The van der Waals surface area contributed by atoms with Gasteiger partial charge < -0.3 is 4.90 Å². The van der Waals surface area contributed by atoms with E-state index in [1.807, 2.05) is 61.2 Å². The van der Waals surface area contributed by atoms with Crippen LogP contribution in [0.4, 0.5) is 0 Å². The predicted octanol–water partition coefficient (Wildman–Crippen LogP) is 5.40. The Morgan fingerprint density at radius 2 is 1.84 bits per heavy atom. The normalized spacial score (nSPS) is 12.1. The SMILES string of the molecule is CCCN(C(=O)CCCCl)C(CC)c1nc2ccccc2c(=O)n1-c1ccc(C)cc1. The van der Waals surface area contributed by atoms with Crippen LogP contribution in [0.5, 0.6) is 0 Å². The van der Waals surface area contributed by atoms with Crippen molar-refractivity contribution in [3.63, 3.8) is 0 Å². The minimum absolute atomic E-state index is 0.0483. The van der Waals surface area contributed by atoms with Crippen LogP contribution in [0, 0.1) is 6.92 Å². The third-order valence-electron chi connectivity index (χ3n) is 5.46. The fourth-order valence-corrected chi connectivity index (χ4v) is 4.05. The summed E-state index contributed by atoms with van der Waals surface area (Å²) >= 11 is 5.83. The number of nitrogens with zero attached hydrogens (tertiary/aromatic N) is 3. The minimum Gasteiger partial charge on any atom is -0.333 e. The number of alkyl halides is 1. The van der Waals surface area contributed by atoms with Gasteiger partial charge in [0.15, 0.2) is 0 Å². The lowest BCUT2D eigenvalue weighted by Crippen LogP contribution is -2.39. The molecule has 0 N–H and O–H groups in total. The highest BCUT2D eigenvalue weighted by Gasteiger charge is 2.28. The number of halogens is 1. The number of amides is 1. The van der Waals surface area contributed by atoms with Crippen molar-refractivity contribution in [2.24, 2.45) is 0 Å². The fraction of sp³-hybridized carbons (Fsp3) is 0.400. The second-order valence-electron chi connectivity index (χ2n) is 7.77. The van der Waals surface area contributed by atoms with Gasteiger partial charge in [-0.1, -0.05) is 43.7 Å². The molecule has 6 heteroatoms. The molecule has 164 valence electrons. The number of fused-ring (bicyclic) bond motifs is 1. The van der Waals surface area contributed by atoms with Crippen LogP contribution in [0.25, 0.3) is 16.6 Å². The average Bonchev–Trinajstić information content (AvgIpc) is 2.78. The molecule has 2 aromatic carbocycles. The van der Waals surface area contributed by atoms with E-state index in [1.165, 1.54) is 0 Å². The van der Waals surface area contributed by atoms with E-state index in [1.54, 1.807) is 10.6 Å². The summed E-state index contributed by atoms with van der Waals surface area (Å²) < 4.78 is 1.67. The first-order valence-corrected chi connectivity index (χ1v) is 11.5. The molecule has 1 heterocycles. The van der Waals surface area contributed by atoms with E-state index in [4.69, 9.17) is 16.6 Å². The first kappa shape index (κ1) is 23.0. The summed E-state index contributed by atoms with van der Waals surface area (Å²) in [5.74, 6) is 1.10. The summed E-state index contributed by atoms with van der Waals surface area (Å²) in [5, 5.41) is 0.567. The van der Waals surface area contributed by atoms with E-state index < -0.39 is 0 Å². The summed E-state index contributed by atoms with van der Waals surface area (Å²) in [6.45, 7) is 6.70. The molecule has 0 aliphatic rings. The number of benzene rings is 2. The van der Waals surface area contributed by atoms with Gasteiger partial charge in [0.1, 0.15) is 5.82 Å². The second kappa shape index (κ2) is 10.6. The van der Waals surface area contributed by atoms with Crippen LogP contribution in [-0.2, 0) is 4.79 Å². The molecule has 31 heavy (non-hydrogen) atoms. The van der Waals surface area contributed by atoms with Gasteiger partial charge in [-0.3, -0.25) is 14.2 Å². The molecular formula is C25H30ClN3O2. The van der Waals surface area contributed by atoms with E-state index in [9.17, 15) is 9.59 Å². The van der Waals surface area contributed by atoms with Crippen molar-refractivity contribution in [2.45, 2.75) is 52.5 Å². The van der Waals surface area contributed by atoms with Gasteiger partial charge in [-0.2, -0.15) is 0 Å². The predicted molar refractivity (Wildman–Crippen MR) is 127 cm³/mol. The largest absolute Gasteiger partial charge is 0.333 e. The van der Waals surface area contributed by atoms with Crippen molar-refractivity contribution in [2.75, 3.05) is 12.4 Å². The maximum absolute atomic E-state index is 13.6. The standard InChI is InChI=1S/C25H30ClN3O2/c1-4-17-28(23(30)11-8-16-26)22(5-2)24-27-21-10-7-6-9-20(21)25(31)29(24)19-14-12-18(3)13-15-19/h6-7,9-10,12-15,22H,4-5,8,11,16-17H2,1-3H3. The number of carbonyl (C=O) groups is 1. The summed E-state index contributed by atoms with van der Waals surface area (Å²) in [7, 11) is 0. The van der Waals surface area contributed by atoms with Crippen molar-refractivity contribution in [3.8, 4) is 5.69 Å². The fourth-order valence-electron chi connectivity index (χ4n) is 3.92. The smallest absolute Gasteiger partial charge is 0.266 e. The maximum atomic E-state index is 13.6. The number of aromatic nitrogens is 2. The van der Waals surface area contributed by atoms with E-state index in [2.05, 4.69) is 6.92 Å². The molecule has 0 aliphatic heterocycles. The molecule has 3 rings (SSSR count). The Kier molecular flexibility index (Phi) is 7.85. The maximum Gasteiger partial charge on any atom is 0.266 e. The van der Waals surface area contributed by atoms with Gasteiger partial charge in [-0.15, -0.1) is 11.6 Å². The first-order valence-electron chi connectivity index (χ1n) is 11.0. The van der Waals surface area contributed by atoms with Gasteiger partial charge in [0.25, 0.3) is 5.56 Å². The van der Waals surface area contributed by atoms with Crippen LogP contribution in [0.1, 0.15) is 57.0 Å². The molecule has 0 fully saturated rings. The lowest BCUT2D eigenvalue weighted by molar-refractivity contribution is -0.134. The molecule has 0 saturated heterocycles. The summed E-state index contributed by atoms with van der Waals surface area (Å²) in [4.78, 5) is 33.4. The van der Waals surface area contributed by atoms with Crippen molar-refractivity contribution in [3.05, 3.63) is 70.3 Å². The summed E-state index contributed by atoms with van der Waals surface area (Å²) in [6.07, 6.45) is 2.50. The van der Waals surface area contributed by atoms with Crippen LogP contribution >= 0.6 is 11.6 Å².